The maximum absolute atomic E-state index is 12.1. The number of benzene rings is 2. The largest absolute Gasteiger partial charge is 0.347 e. The van der Waals surface area contributed by atoms with Gasteiger partial charge in [-0.2, -0.15) is 0 Å². The Morgan fingerprint density at radius 1 is 1.14 bits per heavy atom. The summed E-state index contributed by atoms with van der Waals surface area (Å²) in [5.74, 6) is -0.276. The molecule has 6 heteroatoms. The molecule has 1 heterocycles. The van der Waals surface area contributed by atoms with Gasteiger partial charge >= 0.3 is 0 Å². The zero-order chi connectivity index (χ0) is 15.4. The molecule has 0 saturated carbocycles. The maximum Gasteiger partial charge on any atom is 0.273 e. The van der Waals surface area contributed by atoms with Gasteiger partial charge < -0.3 is 5.32 Å². The van der Waals surface area contributed by atoms with Gasteiger partial charge in [0.05, 0.1) is 11.9 Å². The van der Waals surface area contributed by atoms with Gasteiger partial charge in [-0.05, 0) is 29.8 Å². The molecule has 0 atom stereocenters. The Balaban J connectivity index is 1.67. The zero-order valence-electron chi connectivity index (χ0n) is 11.6. The summed E-state index contributed by atoms with van der Waals surface area (Å²) >= 11 is 5.91. The first-order valence-electron chi connectivity index (χ1n) is 6.73. The van der Waals surface area contributed by atoms with Crippen LogP contribution in [0.5, 0.6) is 0 Å². The predicted octanol–water partition coefficient (Wildman–Crippen LogP) is 2.85. The average Bonchev–Trinajstić information content (AvgIpc) is 3.04. The Morgan fingerprint density at radius 3 is 2.73 bits per heavy atom. The summed E-state index contributed by atoms with van der Waals surface area (Å²) in [6.07, 6.45) is 1.60. The second kappa shape index (κ2) is 6.41. The zero-order valence-corrected chi connectivity index (χ0v) is 12.4. The van der Waals surface area contributed by atoms with Gasteiger partial charge in [0.25, 0.3) is 5.91 Å². The van der Waals surface area contributed by atoms with Crippen LogP contribution in [0.15, 0.2) is 60.8 Å². The highest BCUT2D eigenvalue weighted by molar-refractivity contribution is 6.30. The van der Waals surface area contributed by atoms with Crippen molar-refractivity contribution in [3.05, 3.63) is 77.1 Å². The highest BCUT2D eigenvalue weighted by Gasteiger charge is 2.11. The fourth-order valence-electron chi connectivity index (χ4n) is 1.99. The van der Waals surface area contributed by atoms with Gasteiger partial charge in [-0.25, -0.2) is 4.68 Å². The number of nitrogens with zero attached hydrogens (tertiary/aromatic N) is 3. The lowest BCUT2D eigenvalue weighted by atomic mass is 10.2. The van der Waals surface area contributed by atoms with Crippen molar-refractivity contribution in [1.82, 2.24) is 20.3 Å². The molecule has 22 heavy (non-hydrogen) atoms. The van der Waals surface area contributed by atoms with Crippen LogP contribution in [0.3, 0.4) is 0 Å². The molecule has 1 N–H and O–H groups in total. The summed E-state index contributed by atoms with van der Waals surface area (Å²) in [5, 5.41) is 11.3. The molecule has 0 aliphatic rings. The average molecular weight is 313 g/mol. The van der Waals surface area contributed by atoms with Crippen LogP contribution in [0.4, 0.5) is 0 Å². The van der Waals surface area contributed by atoms with E-state index in [1.807, 2.05) is 48.5 Å². The molecule has 3 aromatic rings. The first kappa shape index (κ1) is 14.3. The first-order valence-corrected chi connectivity index (χ1v) is 7.10. The van der Waals surface area contributed by atoms with Crippen LogP contribution >= 0.6 is 11.6 Å². The number of hydrogen-bond donors (Lipinski definition) is 1. The van der Waals surface area contributed by atoms with E-state index in [0.29, 0.717) is 11.6 Å². The molecule has 0 bridgehead atoms. The lowest BCUT2D eigenvalue weighted by molar-refractivity contribution is 0.0946. The normalized spacial score (nSPS) is 10.4. The van der Waals surface area contributed by atoms with Crippen molar-refractivity contribution < 1.29 is 4.79 Å². The van der Waals surface area contributed by atoms with E-state index in [0.717, 1.165) is 11.3 Å². The number of aromatic nitrogens is 3. The van der Waals surface area contributed by atoms with Crippen molar-refractivity contribution in [2.75, 3.05) is 0 Å². The minimum atomic E-state index is -0.276. The lowest BCUT2D eigenvalue weighted by Gasteiger charge is -2.03. The number of rotatable bonds is 4. The van der Waals surface area contributed by atoms with E-state index >= 15 is 0 Å². The van der Waals surface area contributed by atoms with Crippen LogP contribution < -0.4 is 5.32 Å². The van der Waals surface area contributed by atoms with Crippen LogP contribution in [0, 0.1) is 0 Å². The Morgan fingerprint density at radius 2 is 1.95 bits per heavy atom. The molecule has 0 aliphatic heterocycles. The van der Waals surface area contributed by atoms with Crippen molar-refractivity contribution >= 4 is 17.5 Å². The van der Waals surface area contributed by atoms with Crippen LogP contribution in [0.1, 0.15) is 16.1 Å². The second-order valence-electron chi connectivity index (χ2n) is 4.70. The Bertz CT molecular complexity index is 786. The van der Waals surface area contributed by atoms with Crippen LogP contribution in [-0.4, -0.2) is 20.9 Å². The molecule has 0 spiro atoms. The van der Waals surface area contributed by atoms with E-state index in [2.05, 4.69) is 15.6 Å². The molecule has 3 rings (SSSR count). The van der Waals surface area contributed by atoms with Gasteiger partial charge in [-0.15, -0.1) is 5.10 Å². The Labute approximate surface area is 132 Å². The fraction of sp³-hybridized carbons (Fsp3) is 0.0625. The fourth-order valence-corrected chi connectivity index (χ4v) is 2.21. The number of carbonyl (C=O) groups is 1. The van der Waals surface area contributed by atoms with Crippen molar-refractivity contribution in [2.45, 2.75) is 6.54 Å². The molecule has 2 aromatic carbocycles. The summed E-state index contributed by atoms with van der Waals surface area (Å²) in [6.45, 7) is 0.386. The van der Waals surface area contributed by atoms with E-state index in [9.17, 15) is 4.79 Å². The van der Waals surface area contributed by atoms with Crippen molar-refractivity contribution in [2.24, 2.45) is 0 Å². The lowest BCUT2D eigenvalue weighted by Crippen LogP contribution is -2.23. The highest BCUT2D eigenvalue weighted by atomic mass is 35.5. The number of hydrogen-bond acceptors (Lipinski definition) is 3. The molecule has 0 fully saturated rings. The van der Waals surface area contributed by atoms with E-state index < -0.39 is 0 Å². The number of nitrogens with one attached hydrogen (secondary N) is 1. The quantitative estimate of drug-likeness (QED) is 0.806. The third-order valence-electron chi connectivity index (χ3n) is 3.09. The third-order valence-corrected chi connectivity index (χ3v) is 3.32. The molecule has 1 aromatic heterocycles. The maximum atomic E-state index is 12.1. The minimum Gasteiger partial charge on any atom is -0.347 e. The molecule has 0 saturated heterocycles. The molecule has 110 valence electrons. The molecule has 5 nitrogen and oxygen atoms in total. The second-order valence-corrected chi connectivity index (χ2v) is 5.13. The van der Waals surface area contributed by atoms with Gasteiger partial charge in [0.15, 0.2) is 5.69 Å². The van der Waals surface area contributed by atoms with E-state index in [1.165, 1.54) is 0 Å². The SMILES string of the molecule is O=C(NCc1cccc(Cl)c1)c1cn(-c2ccccc2)nn1. The summed E-state index contributed by atoms with van der Waals surface area (Å²) in [5.41, 5.74) is 2.05. The van der Waals surface area contributed by atoms with Gasteiger partial charge in [-0.1, -0.05) is 47.1 Å². The minimum absolute atomic E-state index is 0.269. The van der Waals surface area contributed by atoms with Crippen molar-refractivity contribution in [1.29, 1.82) is 0 Å². The van der Waals surface area contributed by atoms with Crippen LogP contribution in [0.25, 0.3) is 5.69 Å². The van der Waals surface area contributed by atoms with Gasteiger partial charge in [0.2, 0.25) is 0 Å². The topological polar surface area (TPSA) is 59.8 Å². The molecular weight excluding hydrogens is 300 g/mol. The third kappa shape index (κ3) is 3.32. The van der Waals surface area contributed by atoms with Crippen molar-refractivity contribution in [3.8, 4) is 5.69 Å². The van der Waals surface area contributed by atoms with Crippen LogP contribution in [0.2, 0.25) is 5.02 Å². The summed E-state index contributed by atoms with van der Waals surface area (Å²) in [6, 6.07) is 16.8. The number of halogens is 1. The summed E-state index contributed by atoms with van der Waals surface area (Å²) in [4.78, 5) is 12.1. The van der Waals surface area contributed by atoms with Crippen LogP contribution in [-0.2, 0) is 6.54 Å². The number of para-hydroxylation sites is 1. The first-order chi connectivity index (χ1) is 10.7. The molecule has 1 amide bonds. The molecule has 0 unspecified atom stereocenters. The molecule has 0 radical (unpaired) electrons. The van der Waals surface area contributed by atoms with E-state index in [1.54, 1.807) is 16.9 Å². The number of amides is 1. The highest BCUT2D eigenvalue weighted by Crippen LogP contribution is 2.10. The summed E-state index contributed by atoms with van der Waals surface area (Å²) < 4.78 is 1.56. The van der Waals surface area contributed by atoms with Gasteiger partial charge in [0.1, 0.15) is 0 Å². The monoisotopic (exact) mass is 312 g/mol. The molecular formula is C16H13ClN4O. The standard InChI is InChI=1S/C16H13ClN4O/c17-13-6-4-5-12(9-13)10-18-16(22)15-11-21(20-19-15)14-7-2-1-3-8-14/h1-9,11H,10H2,(H,18,22). The Hall–Kier alpha value is -2.66. The van der Waals surface area contributed by atoms with Gasteiger partial charge in [0, 0.05) is 11.6 Å². The smallest absolute Gasteiger partial charge is 0.273 e. The summed E-state index contributed by atoms with van der Waals surface area (Å²) in [7, 11) is 0. The van der Waals surface area contributed by atoms with E-state index in [4.69, 9.17) is 11.6 Å². The van der Waals surface area contributed by atoms with E-state index in [-0.39, 0.29) is 11.6 Å². The number of carbonyl (C=O) groups excluding carboxylic acids is 1. The van der Waals surface area contributed by atoms with Crippen molar-refractivity contribution in [3.63, 3.8) is 0 Å². The molecule has 0 aliphatic carbocycles. The predicted molar refractivity (Wildman–Crippen MR) is 84.0 cm³/mol. The Kier molecular flexibility index (Phi) is 4.16. The van der Waals surface area contributed by atoms with Gasteiger partial charge in [-0.3, -0.25) is 4.79 Å².